The molecule has 4 rings (SSSR count). The van der Waals surface area contributed by atoms with Crippen LogP contribution in [-0.4, -0.2) is 49.8 Å². The first-order chi connectivity index (χ1) is 16.9. The zero-order valence-electron chi connectivity index (χ0n) is 18.9. The van der Waals surface area contributed by atoms with Gasteiger partial charge in [0.25, 0.3) is 5.91 Å². The number of hydrogen-bond donors (Lipinski definition) is 3. The van der Waals surface area contributed by atoms with E-state index in [-0.39, 0.29) is 18.1 Å². The Labute approximate surface area is 199 Å². The third-order valence-corrected chi connectivity index (χ3v) is 5.29. The quantitative estimate of drug-likeness (QED) is 0.253. The number of hydrogen-bond acceptors (Lipinski definition) is 10. The van der Waals surface area contributed by atoms with Crippen LogP contribution in [0.1, 0.15) is 34.3 Å². The number of nitrogens with zero attached hydrogens (tertiary/aromatic N) is 5. The number of pyridine rings is 1. The minimum Gasteiger partial charge on any atom is -0.491 e. The van der Waals surface area contributed by atoms with Crippen LogP contribution in [0.15, 0.2) is 43.1 Å². The van der Waals surface area contributed by atoms with Crippen LogP contribution in [0.4, 0.5) is 4.39 Å². The van der Waals surface area contributed by atoms with Crippen molar-refractivity contribution in [3.63, 3.8) is 0 Å². The van der Waals surface area contributed by atoms with E-state index in [9.17, 15) is 9.18 Å². The molecule has 4 N–H and O–H groups in total. The molecule has 11 nitrogen and oxygen atoms in total. The van der Waals surface area contributed by atoms with Crippen molar-refractivity contribution in [1.82, 2.24) is 30.4 Å². The summed E-state index contributed by atoms with van der Waals surface area (Å²) in [6.45, 7) is 2.05. The zero-order valence-corrected chi connectivity index (χ0v) is 18.9. The molecule has 1 atom stereocenters. The van der Waals surface area contributed by atoms with E-state index in [1.165, 1.54) is 43.6 Å². The molecule has 0 aliphatic heterocycles. The van der Waals surface area contributed by atoms with Gasteiger partial charge in [-0.2, -0.15) is 0 Å². The minimum atomic E-state index is -0.718. The Balaban J connectivity index is 1.56. The van der Waals surface area contributed by atoms with E-state index in [1.54, 1.807) is 6.07 Å². The first-order valence-corrected chi connectivity index (χ1v) is 10.5. The predicted octanol–water partition coefficient (Wildman–Crippen LogP) is 2.53. The standard InChI is InChI=1S/C23H22FN7O4/c1-12-16-5-13(14-6-17(24)23(34-2)28-8-14)7-19(20(16)30-11-29-12)35-4-3-18(25)21-26-9-15(10-27-21)22(32)31-33/h5-11,18,33H,3-4,25H2,1-2H3,(H,31,32). The van der Waals surface area contributed by atoms with Gasteiger partial charge in [0.1, 0.15) is 23.4 Å². The van der Waals surface area contributed by atoms with Crippen molar-refractivity contribution in [2.45, 2.75) is 19.4 Å². The molecule has 35 heavy (non-hydrogen) atoms. The molecular weight excluding hydrogens is 457 g/mol. The number of aromatic nitrogens is 5. The Morgan fingerprint density at radius 1 is 1.11 bits per heavy atom. The topological polar surface area (TPSA) is 158 Å². The minimum absolute atomic E-state index is 0.0910. The number of carbonyl (C=O) groups is 1. The van der Waals surface area contributed by atoms with Crippen molar-refractivity contribution in [3.8, 4) is 22.8 Å². The Kier molecular flexibility index (Phi) is 7.03. The van der Waals surface area contributed by atoms with Gasteiger partial charge in [0, 0.05) is 41.7 Å². The molecule has 0 radical (unpaired) electrons. The van der Waals surface area contributed by atoms with Crippen LogP contribution >= 0.6 is 0 Å². The molecule has 1 unspecified atom stereocenters. The lowest BCUT2D eigenvalue weighted by Gasteiger charge is -2.14. The predicted molar refractivity (Wildman–Crippen MR) is 122 cm³/mol. The number of benzene rings is 1. The average molecular weight is 479 g/mol. The Morgan fingerprint density at radius 3 is 2.57 bits per heavy atom. The van der Waals surface area contributed by atoms with Gasteiger partial charge in [-0.15, -0.1) is 0 Å². The second-order valence-electron chi connectivity index (χ2n) is 7.56. The molecule has 0 fully saturated rings. The Morgan fingerprint density at radius 2 is 1.89 bits per heavy atom. The van der Waals surface area contributed by atoms with Crippen molar-refractivity contribution in [3.05, 3.63) is 66.0 Å². The number of nitrogens with two attached hydrogens (primary N) is 1. The largest absolute Gasteiger partial charge is 0.491 e. The highest BCUT2D eigenvalue weighted by Gasteiger charge is 2.15. The van der Waals surface area contributed by atoms with E-state index in [4.69, 9.17) is 20.4 Å². The van der Waals surface area contributed by atoms with Crippen LogP contribution in [0.2, 0.25) is 0 Å². The number of ether oxygens (including phenoxy) is 2. The lowest BCUT2D eigenvalue weighted by molar-refractivity contribution is 0.0705. The maximum atomic E-state index is 14.3. The Bertz CT molecular complexity index is 1370. The molecule has 12 heteroatoms. The van der Waals surface area contributed by atoms with Crippen molar-refractivity contribution in [1.29, 1.82) is 0 Å². The summed E-state index contributed by atoms with van der Waals surface area (Å²) < 4.78 is 25.2. The van der Waals surface area contributed by atoms with Gasteiger partial charge in [0.2, 0.25) is 5.88 Å². The maximum Gasteiger partial charge on any atom is 0.277 e. The van der Waals surface area contributed by atoms with E-state index >= 15 is 0 Å². The molecule has 0 aliphatic rings. The summed E-state index contributed by atoms with van der Waals surface area (Å²) in [7, 11) is 1.35. The second kappa shape index (κ2) is 10.3. The van der Waals surface area contributed by atoms with Crippen molar-refractivity contribution >= 4 is 16.8 Å². The van der Waals surface area contributed by atoms with Crippen molar-refractivity contribution < 1.29 is 23.9 Å². The molecule has 0 saturated carbocycles. The van der Waals surface area contributed by atoms with E-state index in [0.717, 1.165) is 11.1 Å². The smallest absolute Gasteiger partial charge is 0.277 e. The summed E-state index contributed by atoms with van der Waals surface area (Å²) >= 11 is 0. The average Bonchev–Trinajstić information content (AvgIpc) is 2.88. The number of aryl methyl sites for hydroxylation is 1. The number of hydroxylamine groups is 1. The molecule has 1 aromatic carbocycles. The molecule has 0 spiro atoms. The molecule has 1 amide bonds. The van der Waals surface area contributed by atoms with E-state index in [0.29, 0.717) is 34.6 Å². The molecule has 4 aromatic rings. The fourth-order valence-electron chi connectivity index (χ4n) is 3.41. The monoisotopic (exact) mass is 479 g/mol. The summed E-state index contributed by atoms with van der Waals surface area (Å²) in [6.07, 6.45) is 5.86. The van der Waals surface area contributed by atoms with Gasteiger partial charge in [-0.05, 0) is 30.7 Å². The number of fused-ring (bicyclic) bond motifs is 1. The molecule has 3 heterocycles. The van der Waals surface area contributed by atoms with Gasteiger partial charge in [-0.25, -0.2) is 34.8 Å². The molecular formula is C23H22FN7O4. The van der Waals surface area contributed by atoms with Gasteiger partial charge in [0.05, 0.1) is 25.3 Å². The maximum absolute atomic E-state index is 14.3. The van der Waals surface area contributed by atoms with Gasteiger partial charge in [-0.3, -0.25) is 10.0 Å². The molecule has 3 aromatic heterocycles. The highest BCUT2D eigenvalue weighted by molar-refractivity contribution is 5.92. The first-order valence-electron chi connectivity index (χ1n) is 10.5. The lowest BCUT2D eigenvalue weighted by atomic mass is 10.0. The molecule has 0 saturated heterocycles. The van der Waals surface area contributed by atoms with E-state index in [1.807, 2.05) is 13.0 Å². The van der Waals surface area contributed by atoms with Gasteiger partial charge in [-0.1, -0.05) is 0 Å². The summed E-state index contributed by atoms with van der Waals surface area (Å²) in [4.78, 5) is 32.2. The summed E-state index contributed by atoms with van der Waals surface area (Å²) in [5, 5.41) is 9.43. The van der Waals surface area contributed by atoms with Gasteiger partial charge < -0.3 is 15.2 Å². The van der Waals surface area contributed by atoms with E-state index < -0.39 is 17.8 Å². The fraction of sp³-hybridized carbons (Fsp3) is 0.217. The fourth-order valence-corrected chi connectivity index (χ4v) is 3.41. The third kappa shape index (κ3) is 5.13. The number of amides is 1. The van der Waals surface area contributed by atoms with Crippen molar-refractivity contribution in [2.75, 3.05) is 13.7 Å². The van der Waals surface area contributed by atoms with Crippen LogP contribution in [0, 0.1) is 12.7 Å². The summed E-state index contributed by atoms with van der Waals surface area (Å²) in [6, 6.07) is 4.38. The zero-order chi connectivity index (χ0) is 24.9. The van der Waals surface area contributed by atoms with Crippen LogP contribution < -0.4 is 20.7 Å². The number of nitrogens with one attached hydrogen (secondary N) is 1. The SMILES string of the molecule is COc1ncc(-c2cc(OCCC(N)c3ncc(C(=O)NO)cn3)c3ncnc(C)c3c2)cc1F. The molecule has 180 valence electrons. The van der Waals surface area contributed by atoms with Crippen molar-refractivity contribution in [2.24, 2.45) is 5.73 Å². The van der Waals surface area contributed by atoms with Crippen LogP contribution in [0.3, 0.4) is 0 Å². The Hall–Kier alpha value is -4.29. The van der Waals surface area contributed by atoms with E-state index in [2.05, 4.69) is 24.9 Å². The number of carbonyl (C=O) groups excluding carboxylic acids is 1. The van der Waals surface area contributed by atoms with Crippen LogP contribution in [-0.2, 0) is 0 Å². The van der Waals surface area contributed by atoms with Gasteiger partial charge in [0.15, 0.2) is 5.82 Å². The lowest BCUT2D eigenvalue weighted by Crippen LogP contribution is -2.21. The number of halogens is 1. The first kappa shape index (κ1) is 23.9. The molecule has 0 bridgehead atoms. The van der Waals surface area contributed by atoms with Gasteiger partial charge >= 0.3 is 0 Å². The highest BCUT2D eigenvalue weighted by atomic mass is 19.1. The normalized spacial score (nSPS) is 11.8. The number of methoxy groups -OCH3 is 1. The van der Waals surface area contributed by atoms with Crippen LogP contribution in [0.5, 0.6) is 11.6 Å². The van der Waals surface area contributed by atoms with Crippen LogP contribution in [0.25, 0.3) is 22.0 Å². The summed E-state index contributed by atoms with van der Waals surface area (Å²) in [5.41, 5.74) is 10.3. The highest BCUT2D eigenvalue weighted by Crippen LogP contribution is 2.33. The summed E-state index contributed by atoms with van der Waals surface area (Å²) in [5.74, 6) is -0.597. The number of rotatable bonds is 8. The third-order valence-electron chi connectivity index (χ3n) is 5.29. The second-order valence-corrected chi connectivity index (χ2v) is 7.56. The molecule has 0 aliphatic carbocycles.